The SMILES string of the molecule is OCC1CCc2c(-c3cccnc3)noc2C1. The molecule has 2 aromatic rings. The average Bonchev–Trinajstić information content (AvgIpc) is 2.82. The first-order valence-electron chi connectivity index (χ1n) is 5.87. The molecular formula is C13H14N2O2. The van der Waals surface area contributed by atoms with Gasteiger partial charge in [-0.2, -0.15) is 0 Å². The Morgan fingerprint density at radius 3 is 3.18 bits per heavy atom. The molecule has 0 aliphatic heterocycles. The van der Waals surface area contributed by atoms with E-state index in [1.54, 1.807) is 12.4 Å². The molecule has 0 aromatic carbocycles. The second kappa shape index (κ2) is 4.30. The molecule has 4 nitrogen and oxygen atoms in total. The van der Waals surface area contributed by atoms with Crippen LogP contribution in [0.1, 0.15) is 17.7 Å². The Kier molecular flexibility index (Phi) is 2.65. The van der Waals surface area contributed by atoms with Crippen molar-refractivity contribution in [1.82, 2.24) is 10.1 Å². The molecule has 3 rings (SSSR count). The van der Waals surface area contributed by atoms with Crippen molar-refractivity contribution in [3.63, 3.8) is 0 Å². The smallest absolute Gasteiger partial charge is 0.140 e. The van der Waals surface area contributed by atoms with E-state index >= 15 is 0 Å². The number of aliphatic hydroxyl groups is 1. The summed E-state index contributed by atoms with van der Waals surface area (Å²) in [5.74, 6) is 1.24. The summed E-state index contributed by atoms with van der Waals surface area (Å²) >= 11 is 0. The van der Waals surface area contributed by atoms with Crippen LogP contribution in [0.15, 0.2) is 29.0 Å². The Bertz CT molecular complexity index is 507. The Hall–Kier alpha value is -1.68. The summed E-state index contributed by atoms with van der Waals surface area (Å²) in [5.41, 5.74) is 3.09. The van der Waals surface area contributed by atoms with Gasteiger partial charge in [-0.15, -0.1) is 0 Å². The molecule has 1 N–H and O–H groups in total. The van der Waals surface area contributed by atoms with E-state index in [0.29, 0.717) is 5.92 Å². The quantitative estimate of drug-likeness (QED) is 0.855. The fraction of sp³-hybridized carbons (Fsp3) is 0.385. The number of nitrogens with zero attached hydrogens (tertiary/aromatic N) is 2. The van der Waals surface area contributed by atoms with Crippen molar-refractivity contribution < 1.29 is 9.63 Å². The second-order valence-electron chi connectivity index (χ2n) is 4.47. The summed E-state index contributed by atoms with van der Waals surface area (Å²) in [7, 11) is 0. The van der Waals surface area contributed by atoms with Crippen LogP contribution in [0.2, 0.25) is 0 Å². The van der Waals surface area contributed by atoms with Crippen LogP contribution in [0.4, 0.5) is 0 Å². The van der Waals surface area contributed by atoms with Crippen molar-refractivity contribution in [1.29, 1.82) is 0 Å². The van der Waals surface area contributed by atoms with Crippen LogP contribution in [0.3, 0.4) is 0 Å². The summed E-state index contributed by atoms with van der Waals surface area (Å²) in [4.78, 5) is 4.10. The number of fused-ring (bicyclic) bond motifs is 1. The van der Waals surface area contributed by atoms with Crippen LogP contribution < -0.4 is 0 Å². The first kappa shape index (κ1) is 10.5. The van der Waals surface area contributed by atoms with Gasteiger partial charge in [0, 0.05) is 36.5 Å². The number of hydrogen-bond acceptors (Lipinski definition) is 4. The molecule has 0 saturated heterocycles. The molecule has 1 aliphatic rings. The normalized spacial score (nSPS) is 19.0. The Morgan fingerprint density at radius 1 is 1.47 bits per heavy atom. The fourth-order valence-electron chi connectivity index (χ4n) is 2.36. The molecule has 0 fully saturated rings. The number of rotatable bonds is 2. The van der Waals surface area contributed by atoms with Crippen molar-refractivity contribution in [2.45, 2.75) is 19.3 Å². The van der Waals surface area contributed by atoms with E-state index in [2.05, 4.69) is 10.1 Å². The van der Waals surface area contributed by atoms with E-state index < -0.39 is 0 Å². The molecule has 2 aromatic heterocycles. The second-order valence-corrected chi connectivity index (χ2v) is 4.47. The third-order valence-electron chi connectivity index (χ3n) is 3.34. The molecule has 1 atom stereocenters. The average molecular weight is 230 g/mol. The first-order chi connectivity index (χ1) is 8.38. The van der Waals surface area contributed by atoms with E-state index in [9.17, 15) is 0 Å². The van der Waals surface area contributed by atoms with Crippen LogP contribution in [0, 0.1) is 5.92 Å². The van der Waals surface area contributed by atoms with Gasteiger partial charge in [-0.3, -0.25) is 4.98 Å². The maximum absolute atomic E-state index is 9.17. The zero-order chi connectivity index (χ0) is 11.7. The summed E-state index contributed by atoms with van der Waals surface area (Å²) in [6, 6.07) is 3.89. The number of aliphatic hydroxyl groups excluding tert-OH is 1. The van der Waals surface area contributed by atoms with Crippen LogP contribution in [0.25, 0.3) is 11.3 Å². The lowest BCUT2D eigenvalue weighted by Gasteiger charge is -2.18. The van der Waals surface area contributed by atoms with Crippen molar-refractivity contribution in [3.8, 4) is 11.3 Å². The topological polar surface area (TPSA) is 59.2 Å². The van der Waals surface area contributed by atoms with Gasteiger partial charge in [0.15, 0.2) is 0 Å². The highest BCUT2D eigenvalue weighted by atomic mass is 16.5. The molecular weight excluding hydrogens is 216 g/mol. The minimum absolute atomic E-state index is 0.225. The summed E-state index contributed by atoms with van der Waals surface area (Å²) in [6.07, 6.45) is 6.26. The lowest BCUT2D eigenvalue weighted by atomic mass is 9.87. The van der Waals surface area contributed by atoms with E-state index in [1.165, 1.54) is 5.56 Å². The van der Waals surface area contributed by atoms with Gasteiger partial charge in [-0.05, 0) is 30.9 Å². The third-order valence-corrected chi connectivity index (χ3v) is 3.34. The minimum atomic E-state index is 0.225. The lowest BCUT2D eigenvalue weighted by molar-refractivity contribution is 0.202. The van der Waals surface area contributed by atoms with E-state index in [-0.39, 0.29) is 6.61 Å². The molecule has 0 bridgehead atoms. The molecule has 0 radical (unpaired) electrons. The highest BCUT2D eigenvalue weighted by molar-refractivity contribution is 5.62. The molecule has 17 heavy (non-hydrogen) atoms. The van der Waals surface area contributed by atoms with Gasteiger partial charge in [0.05, 0.1) is 0 Å². The molecule has 0 spiro atoms. The van der Waals surface area contributed by atoms with Crippen molar-refractivity contribution in [2.75, 3.05) is 6.61 Å². The number of pyridine rings is 1. The monoisotopic (exact) mass is 230 g/mol. The van der Waals surface area contributed by atoms with Gasteiger partial charge in [-0.25, -0.2) is 0 Å². The van der Waals surface area contributed by atoms with Crippen molar-refractivity contribution in [3.05, 3.63) is 35.9 Å². The maximum Gasteiger partial charge on any atom is 0.140 e. The summed E-state index contributed by atoms with van der Waals surface area (Å²) in [5, 5.41) is 13.3. The largest absolute Gasteiger partial charge is 0.396 e. The minimum Gasteiger partial charge on any atom is -0.396 e. The Labute approximate surface area is 99.3 Å². The van der Waals surface area contributed by atoms with Gasteiger partial charge >= 0.3 is 0 Å². The molecule has 4 heteroatoms. The first-order valence-corrected chi connectivity index (χ1v) is 5.87. The Balaban J connectivity index is 1.97. The molecule has 0 saturated carbocycles. The van der Waals surface area contributed by atoms with Crippen molar-refractivity contribution >= 4 is 0 Å². The third kappa shape index (κ3) is 1.85. The van der Waals surface area contributed by atoms with Gasteiger partial charge in [0.25, 0.3) is 0 Å². The number of hydrogen-bond donors (Lipinski definition) is 1. The highest BCUT2D eigenvalue weighted by Gasteiger charge is 2.25. The van der Waals surface area contributed by atoms with Crippen LogP contribution in [0.5, 0.6) is 0 Å². The highest BCUT2D eigenvalue weighted by Crippen LogP contribution is 2.32. The van der Waals surface area contributed by atoms with Crippen LogP contribution >= 0.6 is 0 Å². The molecule has 1 aliphatic carbocycles. The van der Waals surface area contributed by atoms with E-state index in [0.717, 1.165) is 36.3 Å². The van der Waals surface area contributed by atoms with Crippen LogP contribution in [-0.2, 0) is 12.8 Å². The Morgan fingerprint density at radius 2 is 2.41 bits per heavy atom. The maximum atomic E-state index is 9.17. The standard InChI is InChI=1S/C13H14N2O2/c16-8-9-3-4-11-12(6-9)17-15-13(11)10-2-1-5-14-7-10/h1-2,5,7,9,16H,3-4,6,8H2. The molecule has 2 heterocycles. The fourth-order valence-corrected chi connectivity index (χ4v) is 2.36. The zero-order valence-electron chi connectivity index (χ0n) is 9.47. The van der Waals surface area contributed by atoms with Crippen molar-refractivity contribution in [2.24, 2.45) is 5.92 Å². The zero-order valence-corrected chi connectivity index (χ0v) is 9.47. The van der Waals surface area contributed by atoms with E-state index in [1.807, 2.05) is 12.1 Å². The van der Waals surface area contributed by atoms with Gasteiger partial charge in [0.2, 0.25) is 0 Å². The number of aromatic nitrogens is 2. The molecule has 88 valence electrons. The molecule has 1 unspecified atom stereocenters. The summed E-state index contributed by atoms with van der Waals surface area (Å²) in [6.45, 7) is 0.225. The predicted octanol–water partition coefficient (Wildman–Crippen LogP) is 1.83. The van der Waals surface area contributed by atoms with Gasteiger partial charge < -0.3 is 9.63 Å². The van der Waals surface area contributed by atoms with Gasteiger partial charge in [-0.1, -0.05) is 5.16 Å². The van der Waals surface area contributed by atoms with E-state index in [4.69, 9.17) is 9.63 Å². The molecule has 0 amide bonds. The van der Waals surface area contributed by atoms with Gasteiger partial charge in [0.1, 0.15) is 11.5 Å². The lowest BCUT2D eigenvalue weighted by Crippen LogP contribution is -2.16. The van der Waals surface area contributed by atoms with Crippen LogP contribution in [-0.4, -0.2) is 21.9 Å². The predicted molar refractivity (Wildman–Crippen MR) is 62.3 cm³/mol. The summed E-state index contributed by atoms with van der Waals surface area (Å²) < 4.78 is 5.38.